The monoisotopic (exact) mass is 397 g/mol. The van der Waals surface area contributed by atoms with Gasteiger partial charge in [-0.3, -0.25) is 9.59 Å². The second-order valence-electron chi connectivity index (χ2n) is 3.59. The van der Waals surface area contributed by atoms with E-state index in [1.807, 2.05) is 22.6 Å². The van der Waals surface area contributed by atoms with Crippen LogP contribution in [0.1, 0.15) is 16.8 Å². The summed E-state index contributed by atoms with van der Waals surface area (Å²) in [7, 11) is 0. The third kappa shape index (κ3) is 4.67. The van der Waals surface area contributed by atoms with E-state index in [2.05, 4.69) is 5.32 Å². The van der Waals surface area contributed by atoms with Crippen molar-refractivity contribution in [3.05, 3.63) is 32.4 Å². The summed E-state index contributed by atoms with van der Waals surface area (Å²) >= 11 is 7.65. The Morgan fingerprint density at radius 3 is 2.47 bits per heavy atom. The van der Waals surface area contributed by atoms with E-state index in [0.717, 1.165) is 0 Å². The molecule has 1 rings (SSSR count). The molecule has 0 saturated heterocycles. The van der Waals surface area contributed by atoms with Crippen molar-refractivity contribution in [2.75, 3.05) is 0 Å². The number of carboxylic acid groups (broad SMARTS) is 2. The minimum absolute atomic E-state index is 0.199. The predicted molar refractivity (Wildman–Crippen MR) is 75.3 cm³/mol. The van der Waals surface area contributed by atoms with Gasteiger partial charge in [-0.1, -0.05) is 11.6 Å². The fourth-order valence-electron chi connectivity index (χ4n) is 1.28. The number of carbonyl (C=O) groups excluding carboxylic acids is 1. The lowest BCUT2D eigenvalue weighted by Crippen LogP contribution is -2.42. The maximum Gasteiger partial charge on any atom is 0.326 e. The normalized spacial score (nSPS) is 11.7. The van der Waals surface area contributed by atoms with E-state index in [9.17, 15) is 14.4 Å². The number of nitrogens with one attached hydrogen (secondary N) is 1. The van der Waals surface area contributed by atoms with Gasteiger partial charge in [-0.05, 0) is 40.8 Å². The molecule has 19 heavy (non-hydrogen) atoms. The second-order valence-corrected chi connectivity index (χ2v) is 5.18. The van der Waals surface area contributed by atoms with Crippen molar-refractivity contribution < 1.29 is 24.6 Å². The molecule has 8 heteroatoms. The summed E-state index contributed by atoms with van der Waals surface area (Å²) in [5.74, 6) is -3.40. The van der Waals surface area contributed by atoms with Gasteiger partial charge in [-0.15, -0.1) is 0 Å². The summed E-state index contributed by atoms with van der Waals surface area (Å²) in [6, 6.07) is 3.09. The first-order valence-corrected chi connectivity index (χ1v) is 6.47. The van der Waals surface area contributed by atoms with Crippen LogP contribution in [0.4, 0.5) is 0 Å². The zero-order valence-corrected chi connectivity index (χ0v) is 12.3. The Kier molecular flexibility index (Phi) is 5.55. The molecule has 6 nitrogen and oxygen atoms in total. The molecule has 0 aliphatic heterocycles. The van der Waals surface area contributed by atoms with E-state index in [1.165, 1.54) is 6.07 Å². The smallest absolute Gasteiger partial charge is 0.326 e. The van der Waals surface area contributed by atoms with E-state index < -0.39 is 30.3 Å². The van der Waals surface area contributed by atoms with Gasteiger partial charge in [-0.25, -0.2) is 4.79 Å². The third-order valence-electron chi connectivity index (χ3n) is 2.16. The maximum atomic E-state index is 11.9. The van der Waals surface area contributed by atoms with Crippen molar-refractivity contribution in [3.8, 4) is 0 Å². The quantitative estimate of drug-likeness (QED) is 0.655. The van der Waals surface area contributed by atoms with Crippen LogP contribution in [-0.2, 0) is 9.59 Å². The summed E-state index contributed by atoms with van der Waals surface area (Å²) in [4.78, 5) is 33.2. The summed E-state index contributed by atoms with van der Waals surface area (Å²) in [5, 5.41) is 19.9. The van der Waals surface area contributed by atoms with Gasteiger partial charge in [0.25, 0.3) is 5.91 Å². The van der Waals surface area contributed by atoms with Crippen LogP contribution in [0.25, 0.3) is 0 Å². The van der Waals surface area contributed by atoms with Crippen molar-refractivity contribution >= 4 is 52.0 Å². The molecule has 0 radical (unpaired) electrons. The number of aliphatic carboxylic acids is 2. The third-order valence-corrected chi connectivity index (χ3v) is 3.33. The van der Waals surface area contributed by atoms with Crippen molar-refractivity contribution in [2.45, 2.75) is 12.5 Å². The Hall–Kier alpha value is -1.35. The minimum atomic E-state index is -1.49. The molecule has 0 aromatic heterocycles. The van der Waals surface area contributed by atoms with E-state index in [-0.39, 0.29) is 5.56 Å². The fourth-order valence-corrected chi connectivity index (χ4v) is 2.03. The van der Waals surface area contributed by atoms with Crippen LogP contribution in [0.2, 0.25) is 5.02 Å². The first-order chi connectivity index (χ1) is 8.81. The highest BCUT2D eigenvalue weighted by Gasteiger charge is 2.24. The molecule has 1 aromatic carbocycles. The standard InChI is InChI=1S/C11H9ClINO5/c12-5-1-2-7(13)6(3-5)10(17)14-8(11(18)19)4-9(15)16/h1-3,8H,4H2,(H,14,17)(H,15,16)(H,18,19)/t8-/m0/s1. The van der Waals surface area contributed by atoms with Gasteiger partial charge in [-0.2, -0.15) is 0 Å². The molecule has 0 saturated carbocycles. The van der Waals surface area contributed by atoms with Gasteiger partial charge in [0.15, 0.2) is 0 Å². The number of hydrogen-bond donors (Lipinski definition) is 3. The number of amides is 1. The highest BCUT2D eigenvalue weighted by molar-refractivity contribution is 14.1. The van der Waals surface area contributed by atoms with Crippen LogP contribution in [-0.4, -0.2) is 34.1 Å². The molecule has 102 valence electrons. The lowest BCUT2D eigenvalue weighted by Gasteiger charge is -2.13. The van der Waals surface area contributed by atoms with Crippen molar-refractivity contribution in [1.29, 1.82) is 0 Å². The number of carboxylic acids is 2. The largest absolute Gasteiger partial charge is 0.481 e. The van der Waals surface area contributed by atoms with Crippen molar-refractivity contribution in [1.82, 2.24) is 5.32 Å². The van der Waals surface area contributed by atoms with Gasteiger partial charge < -0.3 is 15.5 Å². The number of halogens is 2. The highest BCUT2D eigenvalue weighted by atomic mass is 127. The van der Waals surface area contributed by atoms with E-state index >= 15 is 0 Å². The van der Waals surface area contributed by atoms with Crippen LogP contribution in [0, 0.1) is 3.57 Å². The van der Waals surface area contributed by atoms with Gasteiger partial charge >= 0.3 is 11.9 Å². The number of carbonyl (C=O) groups is 3. The summed E-state index contributed by atoms with van der Waals surface area (Å²) < 4.78 is 0.582. The van der Waals surface area contributed by atoms with E-state index in [0.29, 0.717) is 8.59 Å². The van der Waals surface area contributed by atoms with Crippen LogP contribution < -0.4 is 5.32 Å². The van der Waals surface area contributed by atoms with Crippen molar-refractivity contribution in [2.24, 2.45) is 0 Å². The Labute approximate surface area is 126 Å². The van der Waals surface area contributed by atoms with E-state index in [1.54, 1.807) is 12.1 Å². The highest BCUT2D eigenvalue weighted by Crippen LogP contribution is 2.18. The molecule has 1 atom stereocenters. The molecule has 3 N–H and O–H groups in total. The molecule has 1 aromatic rings. The predicted octanol–water partition coefficient (Wildman–Crippen LogP) is 1.60. The molecule has 0 aliphatic carbocycles. The van der Waals surface area contributed by atoms with E-state index in [4.69, 9.17) is 21.8 Å². The summed E-state index contributed by atoms with van der Waals surface area (Å²) in [6.07, 6.45) is -0.696. The topological polar surface area (TPSA) is 104 Å². The summed E-state index contributed by atoms with van der Waals surface area (Å²) in [5.41, 5.74) is 0.199. The molecule has 0 bridgehead atoms. The number of hydrogen-bond acceptors (Lipinski definition) is 3. The van der Waals surface area contributed by atoms with Gasteiger partial charge in [0.05, 0.1) is 12.0 Å². The lowest BCUT2D eigenvalue weighted by atomic mass is 10.1. The Morgan fingerprint density at radius 2 is 1.95 bits per heavy atom. The molecule has 0 aliphatic rings. The zero-order chi connectivity index (χ0) is 14.6. The van der Waals surface area contributed by atoms with Crippen LogP contribution in [0.15, 0.2) is 18.2 Å². The lowest BCUT2D eigenvalue weighted by molar-refractivity contribution is -0.145. The molecule has 0 spiro atoms. The Morgan fingerprint density at radius 1 is 1.32 bits per heavy atom. The first kappa shape index (κ1) is 15.7. The van der Waals surface area contributed by atoms with Gasteiger partial charge in [0.1, 0.15) is 6.04 Å². The van der Waals surface area contributed by atoms with Gasteiger partial charge in [0.2, 0.25) is 0 Å². The average molecular weight is 398 g/mol. The van der Waals surface area contributed by atoms with Gasteiger partial charge in [0, 0.05) is 8.59 Å². The zero-order valence-electron chi connectivity index (χ0n) is 9.39. The Balaban J connectivity index is 2.90. The summed E-state index contributed by atoms with van der Waals surface area (Å²) in [6.45, 7) is 0. The van der Waals surface area contributed by atoms with Crippen molar-refractivity contribution in [3.63, 3.8) is 0 Å². The maximum absolute atomic E-state index is 11.9. The molecule has 1 amide bonds. The molecule has 0 heterocycles. The number of rotatable bonds is 5. The molecule has 0 unspecified atom stereocenters. The molecular formula is C11H9ClINO5. The average Bonchev–Trinajstić information content (AvgIpc) is 2.30. The molecule has 0 fully saturated rings. The Bertz CT molecular complexity index is 534. The van der Waals surface area contributed by atoms with Crippen LogP contribution >= 0.6 is 34.2 Å². The minimum Gasteiger partial charge on any atom is -0.481 e. The number of benzene rings is 1. The fraction of sp³-hybridized carbons (Fsp3) is 0.182. The second kappa shape index (κ2) is 6.71. The molecular weight excluding hydrogens is 388 g/mol. The van der Waals surface area contributed by atoms with Crippen LogP contribution in [0.5, 0.6) is 0 Å². The SMILES string of the molecule is O=C(O)C[C@H](NC(=O)c1cc(Cl)ccc1I)C(=O)O. The van der Waals surface area contributed by atoms with Crippen LogP contribution in [0.3, 0.4) is 0 Å². The first-order valence-electron chi connectivity index (χ1n) is 5.01.